The lowest BCUT2D eigenvalue weighted by atomic mass is 9.98. The number of amides is 1. The summed E-state index contributed by atoms with van der Waals surface area (Å²) in [6.07, 6.45) is 0. The van der Waals surface area contributed by atoms with Gasteiger partial charge in [-0.2, -0.15) is 0 Å². The molecule has 0 atom stereocenters. The van der Waals surface area contributed by atoms with E-state index >= 15 is 0 Å². The van der Waals surface area contributed by atoms with Crippen LogP contribution in [0.1, 0.15) is 32.6 Å². The molecule has 0 unspecified atom stereocenters. The van der Waals surface area contributed by atoms with E-state index in [1.54, 1.807) is 6.07 Å². The summed E-state index contributed by atoms with van der Waals surface area (Å²) >= 11 is 1.39. The van der Waals surface area contributed by atoms with Crippen LogP contribution in [0.15, 0.2) is 24.3 Å². The number of nitrogens with two attached hydrogens (primary N) is 1. The first-order chi connectivity index (χ1) is 10.9. The number of nitrogens with zero attached hydrogens (tertiary/aromatic N) is 1. The molecular formula is C18H19N3OS. The van der Waals surface area contributed by atoms with Gasteiger partial charge in [-0.3, -0.25) is 4.79 Å². The molecule has 0 aliphatic carbocycles. The van der Waals surface area contributed by atoms with E-state index in [1.165, 1.54) is 22.5 Å². The second-order valence-corrected chi connectivity index (χ2v) is 6.89. The van der Waals surface area contributed by atoms with Gasteiger partial charge >= 0.3 is 0 Å². The smallest absolute Gasteiger partial charge is 0.255 e. The fraction of sp³-hybridized carbons (Fsp3) is 0.222. The predicted molar refractivity (Wildman–Crippen MR) is 97.4 cm³/mol. The maximum Gasteiger partial charge on any atom is 0.255 e. The van der Waals surface area contributed by atoms with E-state index in [2.05, 4.69) is 30.2 Å². The van der Waals surface area contributed by atoms with E-state index in [4.69, 9.17) is 5.73 Å². The fourth-order valence-electron chi connectivity index (χ4n) is 2.67. The number of rotatable bonds is 2. The summed E-state index contributed by atoms with van der Waals surface area (Å²) in [6, 6.07) is 7.60. The summed E-state index contributed by atoms with van der Waals surface area (Å²) in [5.74, 6) is -0.116. The Hall–Kier alpha value is -2.40. The van der Waals surface area contributed by atoms with Gasteiger partial charge < -0.3 is 11.1 Å². The molecule has 1 amide bonds. The molecule has 2 aromatic carbocycles. The van der Waals surface area contributed by atoms with Crippen LogP contribution in [0.25, 0.3) is 10.2 Å². The monoisotopic (exact) mass is 325 g/mol. The van der Waals surface area contributed by atoms with E-state index in [1.807, 2.05) is 26.0 Å². The number of hydrogen-bond donors (Lipinski definition) is 2. The Bertz CT molecular complexity index is 901. The molecule has 5 heteroatoms. The van der Waals surface area contributed by atoms with E-state index in [0.29, 0.717) is 10.7 Å². The lowest BCUT2D eigenvalue weighted by Crippen LogP contribution is -2.14. The molecule has 0 spiro atoms. The van der Waals surface area contributed by atoms with E-state index in [-0.39, 0.29) is 5.91 Å². The van der Waals surface area contributed by atoms with Crippen LogP contribution >= 0.6 is 11.3 Å². The topological polar surface area (TPSA) is 68.0 Å². The number of benzene rings is 2. The highest BCUT2D eigenvalue weighted by Gasteiger charge is 2.14. The normalized spacial score (nSPS) is 11.0. The molecule has 4 nitrogen and oxygen atoms in total. The lowest BCUT2D eigenvalue weighted by Gasteiger charge is -2.16. The van der Waals surface area contributed by atoms with Gasteiger partial charge in [-0.15, -0.1) is 0 Å². The zero-order chi connectivity index (χ0) is 16.7. The minimum Gasteiger partial charge on any atom is -0.375 e. The molecular weight excluding hydrogens is 306 g/mol. The van der Waals surface area contributed by atoms with Crippen LogP contribution in [0.2, 0.25) is 0 Å². The molecule has 1 heterocycles. The van der Waals surface area contributed by atoms with Crippen molar-refractivity contribution in [2.45, 2.75) is 27.7 Å². The van der Waals surface area contributed by atoms with Crippen LogP contribution in [0.4, 0.5) is 10.8 Å². The second kappa shape index (κ2) is 5.66. The largest absolute Gasteiger partial charge is 0.375 e. The third kappa shape index (κ3) is 2.80. The highest BCUT2D eigenvalue weighted by Crippen LogP contribution is 2.28. The number of anilines is 2. The van der Waals surface area contributed by atoms with Crippen LogP contribution in [-0.2, 0) is 0 Å². The SMILES string of the molecule is Cc1cc(C)c(C)c(NC(=O)c2ccc3nc(N)sc3c2)c1C. The highest BCUT2D eigenvalue weighted by atomic mass is 32.1. The number of fused-ring (bicyclic) bond motifs is 1. The van der Waals surface area contributed by atoms with Crippen LogP contribution in [0, 0.1) is 27.7 Å². The molecule has 0 aliphatic heterocycles. The van der Waals surface area contributed by atoms with Crippen molar-refractivity contribution in [3.63, 3.8) is 0 Å². The summed E-state index contributed by atoms with van der Waals surface area (Å²) in [5, 5.41) is 3.57. The summed E-state index contributed by atoms with van der Waals surface area (Å²) in [5.41, 5.74) is 12.6. The molecule has 3 N–H and O–H groups in total. The third-order valence-electron chi connectivity index (χ3n) is 4.27. The van der Waals surface area contributed by atoms with Gasteiger partial charge in [0.2, 0.25) is 0 Å². The standard InChI is InChI=1S/C18H19N3OS/c1-9-7-10(2)12(4)16(11(9)3)21-17(22)13-5-6-14-15(8-13)23-18(19)20-14/h5-8H,1-4H3,(H2,19,20)(H,21,22). The molecule has 0 aliphatic rings. The van der Waals surface area contributed by atoms with Gasteiger partial charge in [0, 0.05) is 11.3 Å². The van der Waals surface area contributed by atoms with Crippen LogP contribution in [0.3, 0.4) is 0 Å². The van der Waals surface area contributed by atoms with Gasteiger partial charge in [0.25, 0.3) is 5.91 Å². The molecule has 0 radical (unpaired) electrons. The number of carbonyl (C=O) groups is 1. The molecule has 3 rings (SSSR count). The highest BCUT2D eigenvalue weighted by molar-refractivity contribution is 7.22. The van der Waals surface area contributed by atoms with Crippen molar-refractivity contribution in [2.75, 3.05) is 11.1 Å². The molecule has 0 bridgehead atoms. The minimum absolute atomic E-state index is 0.116. The molecule has 0 saturated carbocycles. The lowest BCUT2D eigenvalue weighted by molar-refractivity contribution is 0.102. The van der Waals surface area contributed by atoms with Crippen molar-refractivity contribution in [3.05, 3.63) is 52.1 Å². The van der Waals surface area contributed by atoms with Gasteiger partial charge in [0.15, 0.2) is 5.13 Å². The molecule has 0 saturated heterocycles. The number of nitrogen functional groups attached to an aromatic ring is 1. The molecule has 3 aromatic rings. The first-order valence-corrected chi connectivity index (χ1v) is 8.23. The Kier molecular flexibility index (Phi) is 3.82. The Morgan fingerprint density at radius 3 is 2.39 bits per heavy atom. The number of nitrogens with one attached hydrogen (secondary N) is 1. The maximum atomic E-state index is 12.6. The van der Waals surface area contributed by atoms with Crippen molar-refractivity contribution >= 4 is 38.3 Å². The van der Waals surface area contributed by atoms with E-state index < -0.39 is 0 Å². The third-order valence-corrected chi connectivity index (χ3v) is 5.12. The van der Waals surface area contributed by atoms with Crippen LogP contribution in [-0.4, -0.2) is 10.9 Å². The second-order valence-electron chi connectivity index (χ2n) is 5.82. The minimum atomic E-state index is -0.116. The number of aryl methyl sites for hydroxylation is 2. The summed E-state index contributed by atoms with van der Waals surface area (Å²) in [7, 11) is 0. The molecule has 0 fully saturated rings. The van der Waals surface area contributed by atoms with Crippen molar-refractivity contribution in [1.82, 2.24) is 4.98 Å². The average molecular weight is 325 g/mol. The summed E-state index contributed by atoms with van der Waals surface area (Å²) in [4.78, 5) is 16.8. The van der Waals surface area contributed by atoms with E-state index in [9.17, 15) is 4.79 Å². The first-order valence-electron chi connectivity index (χ1n) is 7.41. The molecule has 118 valence electrons. The maximum absolute atomic E-state index is 12.6. The number of aromatic nitrogens is 1. The Balaban J connectivity index is 1.97. The van der Waals surface area contributed by atoms with Gasteiger partial charge in [-0.1, -0.05) is 17.4 Å². The zero-order valence-corrected chi connectivity index (χ0v) is 14.5. The van der Waals surface area contributed by atoms with Crippen molar-refractivity contribution < 1.29 is 4.79 Å². The van der Waals surface area contributed by atoms with Crippen molar-refractivity contribution in [2.24, 2.45) is 0 Å². The Morgan fingerprint density at radius 1 is 1.09 bits per heavy atom. The number of carbonyl (C=O) groups excluding carboxylic acids is 1. The number of thiazole rings is 1. The molecule has 1 aromatic heterocycles. The number of hydrogen-bond acceptors (Lipinski definition) is 4. The van der Waals surface area contributed by atoms with Crippen LogP contribution in [0.5, 0.6) is 0 Å². The van der Waals surface area contributed by atoms with Crippen molar-refractivity contribution in [1.29, 1.82) is 0 Å². The summed E-state index contributed by atoms with van der Waals surface area (Å²) in [6.45, 7) is 8.18. The fourth-order valence-corrected chi connectivity index (χ4v) is 3.45. The van der Waals surface area contributed by atoms with Crippen LogP contribution < -0.4 is 11.1 Å². The quantitative estimate of drug-likeness (QED) is 0.735. The Labute approximate surface area is 139 Å². The van der Waals surface area contributed by atoms with Crippen molar-refractivity contribution in [3.8, 4) is 0 Å². The van der Waals surface area contributed by atoms with Gasteiger partial charge in [0.05, 0.1) is 10.2 Å². The summed E-state index contributed by atoms with van der Waals surface area (Å²) < 4.78 is 0.920. The molecule has 23 heavy (non-hydrogen) atoms. The first kappa shape index (κ1) is 15.5. The van der Waals surface area contributed by atoms with Gasteiger partial charge in [-0.25, -0.2) is 4.98 Å². The Morgan fingerprint density at radius 2 is 1.74 bits per heavy atom. The zero-order valence-electron chi connectivity index (χ0n) is 13.7. The predicted octanol–water partition coefficient (Wildman–Crippen LogP) is 4.36. The van der Waals surface area contributed by atoms with Gasteiger partial charge in [-0.05, 0) is 68.1 Å². The van der Waals surface area contributed by atoms with Gasteiger partial charge in [0.1, 0.15) is 0 Å². The van der Waals surface area contributed by atoms with E-state index in [0.717, 1.165) is 27.0 Å². The average Bonchev–Trinajstić information content (AvgIpc) is 2.88.